The Morgan fingerprint density at radius 3 is 2.48 bits per heavy atom. The zero-order chi connectivity index (χ0) is 22.2. The molecule has 2 aromatic carbocycles. The van der Waals surface area contributed by atoms with E-state index in [4.69, 9.17) is 0 Å². The zero-order valence-corrected chi connectivity index (χ0v) is 16.1. The third-order valence-corrected chi connectivity index (χ3v) is 4.71. The van der Waals surface area contributed by atoms with E-state index in [0.717, 1.165) is 10.2 Å². The predicted molar refractivity (Wildman–Crippen MR) is 106 cm³/mol. The molecule has 1 atom stereocenters. The second-order valence-electron chi connectivity index (χ2n) is 6.86. The molecule has 0 fully saturated rings. The maximum Gasteiger partial charge on any atom is 0.449 e. The summed E-state index contributed by atoms with van der Waals surface area (Å²) < 4.78 is 40.0. The van der Waals surface area contributed by atoms with Crippen LogP contribution in [0.2, 0.25) is 0 Å². The molecule has 2 aromatic heterocycles. The van der Waals surface area contributed by atoms with Crippen LogP contribution in [-0.4, -0.2) is 25.7 Å². The molecule has 0 spiro atoms. The smallest absolute Gasteiger partial charge is 0.340 e. The van der Waals surface area contributed by atoms with Gasteiger partial charge in [-0.2, -0.15) is 18.3 Å². The molecule has 0 aliphatic heterocycles. The van der Waals surface area contributed by atoms with Crippen molar-refractivity contribution in [2.24, 2.45) is 7.05 Å². The second-order valence-corrected chi connectivity index (χ2v) is 6.86. The minimum absolute atomic E-state index is 0.0324. The van der Waals surface area contributed by atoms with E-state index in [-0.39, 0.29) is 22.3 Å². The molecular weight excluding hydrogens is 411 g/mol. The van der Waals surface area contributed by atoms with Gasteiger partial charge in [0.2, 0.25) is 5.82 Å². The van der Waals surface area contributed by atoms with Crippen LogP contribution in [0.15, 0.2) is 65.5 Å². The number of aromatic amines is 1. The van der Waals surface area contributed by atoms with Crippen LogP contribution in [0.1, 0.15) is 33.5 Å². The number of amides is 1. The lowest BCUT2D eigenvalue weighted by molar-refractivity contribution is -0.144. The van der Waals surface area contributed by atoms with E-state index < -0.39 is 23.9 Å². The summed E-state index contributed by atoms with van der Waals surface area (Å²) in [7, 11) is 1.43. The topological polar surface area (TPSA) is 92.7 Å². The minimum Gasteiger partial charge on any atom is -0.340 e. The normalized spacial score (nSPS) is 12.6. The number of hydrogen-bond donors (Lipinski definition) is 2. The van der Waals surface area contributed by atoms with Crippen molar-refractivity contribution >= 4 is 16.9 Å². The van der Waals surface area contributed by atoms with Crippen LogP contribution in [0.4, 0.5) is 13.2 Å². The number of carbonyl (C=O) groups excluding carboxylic acids is 1. The fourth-order valence-electron chi connectivity index (χ4n) is 3.17. The number of fused-ring (bicyclic) bond motifs is 1. The van der Waals surface area contributed by atoms with Gasteiger partial charge in [-0.25, -0.2) is 9.67 Å². The van der Waals surface area contributed by atoms with Crippen molar-refractivity contribution in [3.8, 4) is 0 Å². The summed E-state index contributed by atoms with van der Waals surface area (Å²) in [4.78, 5) is 30.2. The number of nitrogens with zero attached hydrogens (tertiary/aromatic N) is 3. The van der Waals surface area contributed by atoms with E-state index in [2.05, 4.69) is 20.4 Å². The van der Waals surface area contributed by atoms with E-state index in [9.17, 15) is 22.8 Å². The van der Waals surface area contributed by atoms with Crippen molar-refractivity contribution in [3.05, 3.63) is 93.7 Å². The largest absolute Gasteiger partial charge is 0.449 e. The number of H-pyrrole nitrogens is 1. The van der Waals surface area contributed by atoms with Crippen LogP contribution < -0.4 is 10.9 Å². The number of benzene rings is 2. The van der Waals surface area contributed by atoms with Gasteiger partial charge in [0.1, 0.15) is 5.69 Å². The first-order valence-electron chi connectivity index (χ1n) is 9.19. The van der Waals surface area contributed by atoms with Crippen LogP contribution in [0.3, 0.4) is 0 Å². The first-order valence-corrected chi connectivity index (χ1v) is 9.19. The third-order valence-electron chi connectivity index (χ3n) is 4.71. The first-order chi connectivity index (χ1) is 14.7. The molecule has 1 amide bonds. The van der Waals surface area contributed by atoms with Gasteiger partial charge < -0.3 is 10.3 Å². The van der Waals surface area contributed by atoms with Gasteiger partial charge in [-0.15, -0.1) is 0 Å². The highest BCUT2D eigenvalue weighted by atomic mass is 19.4. The van der Waals surface area contributed by atoms with E-state index >= 15 is 0 Å². The number of hydrogen-bond acceptors (Lipinski definition) is 4. The number of aromatic nitrogens is 4. The minimum atomic E-state index is -4.60. The summed E-state index contributed by atoms with van der Waals surface area (Å²) in [6, 6.07) is 15.4. The maximum absolute atomic E-state index is 13.0. The van der Waals surface area contributed by atoms with Gasteiger partial charge in [-0.3, -0.25) is 9.59 Å². The molecule has 0 bridgehead atoms. The standard InChI is InChI=1S/C21H16F3N5O2/c1-29-17(30)10-9-15(28-29)19(31)27-18(12-5-3-2-4-6-12)13-7-8-14-16(11-13)26-20(25-14)21(22,23)24/h2-11,18H,1H3,(H,25,26)(H,27,31). The Morgan fingerprint density at radius 2 is 1.81 bits per heavy atom. The number of alkyl halides is 3. The van der Waals surface area contributed by atoms with Gasteiger partial charge in [0.15, 0.2) is 0 Å². The summed E-state index contributed by atoms with van der Waals surface area (Å²) >= 11 is 0. The van der Waals surface area contributed by atoms with Gasteiger partial charge in [0.25, 0.3) is 11.5 Å². The van der Waals surface area contributed by atoms with Crippen molar-refractivity contribution in [1.29, 1.82) is 0 Å². The van der Waals surface area contributed by atoms with Crippen molar-refractivity contribution in [2.75, 3.05) is 0 Å². The number of nitrogens with one attached hydrogen (secondary N) is 2. The lowest BCUT2D eigenvalue weighted by Gasteiger charge is -2.20. The molecule has 2 N–H and O–H groups in total. The molecule has 0 radical (unpaired) electrons. The van der Waals surface area contributed by atoms with Crippen LogP contribution in [0, 0.1) is 0 Å². The Morgan fingerprint density at radius 1 is 1.06 bits per heavy atom. The van der Waals surface area contributed by atoms with Gasteiger partial charge in [-0.1, -0.05) is 36.4 Å². The highest BCUT2D eigenvalue weighted by Gasteiger charge is 2.34. The molecule has 31 heavy (non-hydrogen) atoms. The van der Waals surface area contributed by atoms with Crippen molar-refractivity contribution in [1.82, 2.24) is 25.1 Å². The van der Waals surface area contributed by atoms with Crippen molar-refractivity contribution < 1.29 is 18.0 Å². The van der Waals surface area contributed by atoms with Crippen LogP contribution >= 0.6 is 0 Å². The summed E-state index contributed by atoms with van der Waals surface area (Å²) in [5, 5.41) is 6.79. The maximum atomic E-state index is 13.0. The Labute approximate surface area is 173 Å². The Kier molecular flexibility index (Phi) is 5.05. The number of halogens is 3. The lowest BCUT2D eigenvalue weighted by Crippen LogP contribution is -2.32. The number of imidazole rings is 1. The Balaban J connectivity index is 1.74. The molecular formula is C21H16F3N5O2. The van der Waals surface area contributed by atoms with Gasteiger partial charge in [0, 0.05) is 13.1 Å². The molecule has 158 valence electrons. The van der Waals surface area contributed by atoms with E-state index in [1.54, 1.807) is 30.3 Å². The number of carbonyl (C=O) groups is 1. The van der Waals surface area contributed by atoms with Crippen LogP contribution in [-0.2, 0) is 13.2 Å². The SMILES string of the molecule is Cn1nc(C(=O)NC(c2ccccc2)c2ccc3nc(C(F)(F)F)[nH]c3c2)ccc1=O. The van der Waals surface area contributed by atoms with Gasteiger partial charge >= 0.3 is 6.18 Å². The van der Waals surface area contributed by atoms with Gasteiger partial charge in [0.05, 0.1) is 17.1 Å². The number of aryl methyl sites for hydroxylation is 1. The van der Waals surface area contributed by atoms with Crippen molar-refractivity contribution in [3.63, 3.8) is 0 Å². The monoisotopic (exact) mass is 427 g/mol. The van der Waals surface area contributed by atoms with Crippen LogP contribution in [0.25, 0.3) is 11.0 Å². The quantitative estimate of drug-likeness (QED) is 0.523. The van der Waals surface area contributed by atoms with E-state index in [1.807, 2.05) is 6.07 Å². The molecule has 0 saturated heterocycles. The number of rotatable bonds is 4. The third kappa shape index (κ3) is 4.18. The summed E-state index contributed by atoms with van der Waals surface area (Å²) in [6.45, 7) is 0. The molecule has 0 aliphatic rings. The Hall–Kier alpha value is -3.95. The molecule has 10 heteroatoms. The second kappa shape index (κ2) is 7.71. The fraction of sp³-hybridized carbons (Fsp3) is 0.143. The fourth-order valence-corrected chi connectivity index (χ4v) is 3.17. The highest BCUT2D eigenvalue weighted by molar-refractivity contribution is 5.92. The molecule has 1 unspecified atom stereocenters. The van der Waals surface area contributed by atoms with E-state index in [0.29, 0.717) is 5.56 Å². The molecule has 2 heterocycles. The molecule has 4 rings (SSSR count). The molecule has 0 saturated carbocycles. The highest BCUT2D eigenvalue weighted by Crippen LogP contribution is 2.30. The van der Waals surface area contributed by atoms with E-state index in [1.165, 1.54) is 31.3 Å². The molecule has 0 aliphatic carbocycles. The average Bonchev–Trinajstić information content (AvgIpc) is 3.18. The van der Waals surface area contributed by atoms with Gasteiger partial charge in [-0.05, 0) is 29.3 Å². The predicted octanol–water partition coefficient (Wildman–Crippen LogP) is 3.19. The lowest BCUT2D eigenvalue weighted by atomic mass is 9.98. The summed E-state index contributed by atoms with van der Waals surface area (Å²) in [5.41, 5.74) is 1.30. The summed E-state index contributed by atoms with van der Waals surface area (Å²) in [6.07, 6.45) is -4.60. The van der Waals surface area contributed by atoms with Crippen molar-refractivity contribution in [2.45, 2.75) is 12.2 Å². The molecule has 4 aromatic rings. The zero-order valence-electron chi connectivity index (χ0n) is 16.1. The first kappa shape index (κ1) is 20.3. The Bertz CT molecular complexity index is 1310. The average molecular weight is 427 g/mol. The summed E-state index contributed by atoms with van der Waals surface area (Å²) in [5.74, 6) is -1.63. The van der Waals surface area contributed by atoms with Crippen LogP contribution in [0.5, 0.6) is 0 Å². The molecule has 7 nitrogen and oxygen atoms in total.